The van der Waals surface area contributed by atoms with Crippen LogP contribution < -0.4 is 5.73 Å². The molecule has 0 heterocycles. The van der Waals surface area contributed by atoms with Crippen molar-refractivity contribution in [3.05, 3.63) is 0 Å². The molecule has 0 atom stereocenters. The third kappa shape index (κ3) is 3.62. The average Bonchev–Trinajstić information content (AvgIpc) is 3.07. The monoisotopic (exact) mass is 253 g/mol. The molecule has 0 aromatic carbocycles. The molecule has 2 aliphatic carbocycles. The minimum absolute atomic E-state index is 0.203. The Morgan fingerprint density at radius 2 is 1.94 bits per heavy atom. The van der Waals surface area contributed by atoms with E-state index in [1.807, 2.05) is 4.90 Å². The predicted molar refractivity (Wildman–Crippen MR) is 69.3 cm³/mol. The second-order valence-corrected chi connectivity index (χ2v) is 5.51. The lowest BCUT2D eigenvalue weighted by molar-refractivity contribution is -0.132. The van der Waals surface area contributed by atoms with Crippen LogP contribution in [0.4, 0.5) is 0 Å². The Morgan fingerprint density at radius 3 is 2.50 bits per heavy atom. The van der Waals surface area contributed by atoms with E-state index in [4.69, 9.17) is 10.9 Å². The normalized spacial score (nSPS) is 21.2. The van der Waals surface area contributed by atoms with Crippen LogP contribution in [0.5, 0.6) is 0 Å². The molecule has 3 N–H and O–H groups in total. The fourth-order valence-electron chi connectivity index (χ4n) is 2.76. The van der Waals surface area contributed by atoms with Crippen molar-refractivity contribution in [2.45, 2.75) is 57.4 Å². The summed E-state index contributed by atoms with van der Waals surface area (Å²) in [6.45, 7) is 0.589. The van der Waals surface area contributed by atoms with E-state index in [1.165, 1.54) is 25.7 Å². The van der Waals surface area contributed by atoms with Crippen molar-refractivity contribution in [3.8, 4) is 0 Å². The highest BCUT2D eigenvalue weighted by Crippen LogP contribution is 2.31. The first-order chi connectivity index (χ1) is 8.70. The van der Waals surface area contributed by atoms with E-state index in [0.29, 0.717) is 31.3 Å². The first-order valence-electron chi connectivity index (χ1n) is 6.96. The molecule has 0 spiro atoms. The molecule has 2 fully saturated rings. The zero-order valence-corrected chi connectivity index (χ0v) is 10.8. The Hall–Kier alpha value is -1.26. The summed E-state index contributed by atoms with van der Waals surface area (Å²) in [5.41, 5.74) is 5.47. The van der Waals surface area contributed by atoms with Crippen LogP contribution in [0.2, 0.25) is 0 Å². The Labute approximate surface area is 108 Å². The molecule has 0 aromatic rings. The molecule has 0 aliphatic heterocycles. The van der Waals surface area contributed by atoms with E-state index in [2.05, 4.69) is 5.16 Å². The first kappa shape index (κ1) is 13.2. The maximum absolute atomic E-state index is 12.3. The lowest BCUT2D eigenvalue weighted by Gasteiger charge is -2.23. The molecule has 0 aromatic heterocycles. The van der Waals surface area contributed by atoms with Crippen LogP contribution in [0, 0.1) is 5.92 Å². The zero-order valence-electron chi connectivity index (χ0n) is 10.8. The SMILES string of the molecule is N/C(CCN(C(=O)CC1CCCC1)C1CC1)=N/O. The molecule has 5 heteroatoms. The van der Waals surface area contributed by atoms with Gasteiger partial charge in [0.15, 0.2) is 0 Å². The van der Waals surface area contributed by atoms with Crippen molar-refractivity contribution in [3.63, 3.8) is 0 Å². The van der Waals surface area contributed by atoms with Gasteiger partial charge in [-0.15, -0.1) is 0 Å². The molecule has 1 amide bonds. The fraction of sp³-hybridized carbons (Fsp3) is 0.846. The summed E-state index contributed by atoms with van der Waals surface area (Å²) in [4.78, 5) is 14.2. The molecule has 2 aliphatic rings. The average molecular weight is 253 g/mol. The zero-order chi connectivity index (χ0) is 13.0. The number of amidine groups is 1. The van der Waals surface area contributed by atoms with Gasteiger partial charge in [0.1, 0.15) is 5.84 Å². The summed E-state index contributed by atoms with van der Waals surface area (Å²) < 4.78 is 0. The Kier molecular flexibility index (Phi) is 4.44. The number of rotatable bonds is 6. The molecule has 2 saturated carbocycles. The summed E-state index contributed by atoms with van der Waals surface area (Å²) in [6, 6.07) is 0.408. The van der Waals surface area contributed by atoms with E-state index in [0.717, 1.165) is 12.8 Å². The van der Waals surface area contributed by atoms with Crippen molar-refractivity contribution in [1.29, 1.82) is 0 Å². The maximum Gasteiger partial charge on any atom is 0.223 e. The third-order valence-corrected chi connectivity index (χ3v) is 3.98. The summed E-state index contributed by atoms with van der Waals surface area (Å²) >= 11 is 0. The highest BCUT2D eigenvalue weighted by Gasteiger charge is 2.33. The number of amides is 1. The Balaban J connectivity index is 1.82. The summed E-state index contributed by atoms with van der Waals surface area (Å²) in [5, 5.41) is 11.5. The summed E-state index contributed by atoms with van der Waals surface area (Å²) in [6.07, 6.45) is 8.29. The van der Waals surface area contributed by atoms with Gasteiger partial charge in [0.05, 0.1) is 0 Å². The second kappa shape index (κ2) is 6.07. The van der Waals surface area contributed by atoms with Gasteiger partial charge in [0.2, 0.25) is 5.91 Å². The number of nitrogens with zero attached hydrogens (tertiary/aromatic N) is 2. The molecular weight excluding hydrogens is 230 g/mol. The highest BCUT2D eigenvalue weighted by atomic mass is 16.4. The Morgan fingerprint density at radius 1 is 1.28 bits per heavy atom. The van der Waals surface area contributed by atoms with Gasteiger partial charge >= 0.3 is 0 Å². The van der Waals surface area contributed by atoms with Gasteiger partial charge in [0.25, 0.3) is 0 Å². The molecule has 5 nitrogen and oxygen atoms in total. The van der Waals surface area contributed by atoms with Gasteiger partial charge in [-0.2, -0.15) is 0 Å². The molecular formula is C13H23N3O2. The van der Waals surface area contributed by atoms with Crippen molar-refractivity contribution in [1.82, 2.24) is 4.90 Å². The first-order valence-corrected chi connectivity index (χ1v) is 6.96. The van der Waals surface area contributed by atoms with E-state index in [1.54, 1.807) is 0 Å². The molecule has 0 unspecified atom stereocenters. The molecule has 2 rings (SSSR count). The smallest absolute Gasteiger partial charge is 0.223 e. The van der Waals surface area contributed by atoms with Crippen LogP contribution in [-0.2, 0) is 4.79 Å². The van der Waals surface area contributed by atoms with E-state index < -0.39 is 0 Å². The molecule has 102 valence electrons. The largest absolute Gasteiger partial charge is 0.409 e. The van der Waals surface area contributed by atoms with Crippen molar-refractivity contribution < 1.29 is 10.0 Å². The van der Waals surface area contributed by atoms with Crippen LogP contribution in [-0.4, -0.2) is 34.4 Å². The van der Waals surface area contributed by atoms with Gasteiger partial charge in [-0.05, 0) is 31.6 Å². The lowest BCUT2D eigenvalue weighted by atomic mass is 10.0. The van der Waals surface area contributed by atoms with Gasteiger partial charge < -0.3 is 15.8 Å². The molecule has 0 radical (unpaired) electrons. The van der Waals surface area contributed by atoms with Crippen LogP contribution in [0.25, 0.3) is 0 Å². The number of hydrogen-bond donors (Lipinski definition) is 2. The molecule has 18 heavy (non-hydrogen) atoms. The maximum atomic E-state index is 12.3. The van der Waals surface area contributed by atoms with Gasteiger partial charge in [0, 0.05) is 25.4 Å². The van der Waals surface area contributed by atoms with Crippen molar-refractivity contribution >= 4 is 11.7 Å². The van der Waals surface area contributed by atoms with Crippen molar-refractivity contribution in [2.75, 3.05) is 6.54 Å². The minimum Gasteiger partial charge on any atom is -0.409 e. The van der Waals surface area contributed by atoms with Crippen molar-refractivity contribution in [2.24, 2.45) is 16.8 Å². The van der Waals surface area contributed by atoms with Gasteiger partial charge in [-0.25, -0.2) is 0 Å². The van der Waals surface area contributed by atoms with E-state index in [-0.39, 0.29) is 11.7 Å². The lowest BCUT2D eigenvalue weighted by Crippen LogP contribution is -2.36. The second-order valence-electron chi connectivity index (χ2n) is 5.51. The predicted octanol–water partition coefficient (Wildman–Crippen LogP) is 1.69. The van der Waals surface area contributed by atoms with Crippen LogP contribution >= 0.6 is 0 Å². The minimum atomic E-state index is 0.203. The fourth-order valence-corrected chi connectivity index (χ4v) is 2.76. The Bertz CT molecular complexity index is 320. The highest BCUT2D eigenvalue weighted by molar-refractivity contribution is 5.81. The van der Waals surface area contributed by atoms with E-state index >= 15 is 0 Å². The molecule has 0 bridgehead atoms. The van der Waals surface area contributed by atoms with Gasteiger partial charge in [-0.3, -0.25) is 4.79 Å². The number of hydrogen-bond acceptors (Lipinski definition) is 3. The summed E-state index contributed by atoms with van der Waals surface area (Å²) in [5.74, 6) is 1.05. The van der Waals surface area contributed by atoms with E-state index in [9.17, 15) is 4.79 Å². The topological polar surface area (TPSA) is 78.9 Å². The number of oxime groups is 1. The van der Waals surface area contributed by atoms with Crippen LogP contribution in [0.1, 0.15) is 51.4 Å². The van der Waals surface area contributed by atoms with Crippen LogP contribution in [0.15, 0.2) is 5.16 Å². The third-order valence-electron chi connectivity index (χ3n) is 3.98. The number of carbonyl (C=O) groups excluding carboxylic acids is 1. The van der Waals surface area contributed by atoms with Gasteiger partial charge in [-0.1, -0.05) is 18.0 Å². The summed E-state index contributed by atoms with van der Waals surface area (Å²) in [7, 11) is 0. The standard InChI is InChI=1S/C13H23N3O2/c14-12(15-18)7-8-16(11-5-6-11)13(17)9-10-3-1-2-4-10/h10-11,18H,1-9H2,(H2,14,15). The number of nitrogens with two attached hydrogens (primary N) is 1. The quantitative estimate of drug-likeness (QED) is 0.327. The number of carbonyl (C=O) groups is 1. The van der Waals surface area contributed by atoms with Crippen LogP contribution in [0.3, 0.4) is 0 Å². The molecule has 0 saturated heterocycles.